The van der Waals surface area contributed by atoms with Crippen molar-refractivity contribution in [2.24, 2.45) is 0 Å². The maximum Gasteiger partial charge on any atom is 0.394 e. The van der Waals surface area contributed by atoms with E-state index in [1.165, 1.54) is 0 Å². The van der Waals surface area contributed by atoms with Crippen molar-refractivity contribution in [1.29, 1.82) is 0 Å². The van der Waals surface area contributed by atoms with Gasteiger partial charge in [0.1, 0.15) is 5.75 Å². The summed E-state index contributed by atoms with van der Waals surface area (Å²) in [5.74, 6) is 0.183. The van der Waals surface area contributed by atoms with Gasteiger partial charge in [-0.25, -0.2) is 0 Å². The SMILES string of the molecule is CC.CCNCc1ccc(OC(C)(F)F)cc1. The van der Waals surface area contributed by atoms with Gasteiger partial charge in [0.25, 0.3) is 0 Å². The summed E-state index contributed by atoms with van der Waals surface area (Å²) in [6.45, 7) is 8.35. The summed E-state index contributed by atoms with van der Waals surface area (Å²) in [5, 5.41) is 3.14. The predicted molar refractivity (Wildman–Crippen MR) is 66.4 cm³/mol. The highest BCUT2D eigenvalue weighted by molar-refractivity contribution is 5.27. The molecule has 0 unspecified atom stereocenters. The van der Waals surface area contributed by atoms with E-state index in [2.05, 4.69) is 10.1 Å². The average Bonchev–Trinajstić information content (AvgIpc) is 2.29. The van der Waals surface area contributed by atoms with Crippen LogP contribution in [-0.4, -0.2) is 12.7 Å². The lowest BCUT2D eigenvalue weighted by molar-refractivity contribution is -0.158. The van der Waals surface area contributed by atoms with Gasteiger partial charge in [-0.3, -0.25) is 0 Å². The molecule has 0 fully saturated rings. The summed E-state index contributed by atoms with van der Waals surface area (Å²) in [6, 6.07) is 6.63. The molecule has 4 heteroatoms. The molecule has 1 N–H and O–H groups in total. The second-order valence-electron chi connectivity index (χ2n) is 3.33. The van der Waals surface area contributed by atoms with Crippen LogP contribution in [0.25, 0.3) is 0 Å². The molecular weight excluding hydrogens is 224 g/mol. The minimum atomic E-state index is -3.12. The third-order valence-electron chi connectivity index (χ3n) is 1.80. The molecule has 0 bridgehead atoms. The molecule has 1 aromatic rings. The highest BCUT2D eigenvalue weighted by Gasteiger charge is 2.22. The molecule has 0 atom stereocenters. The van der Waals surface area contributed by atoms with Crippen molar-refractivity contribution < 1.29 is 13.5 Å². The van der Waals surface area contributed by atoms with E-state index in [0.717, 1.165) is 25.6 Å². The fraction of sp³-hybridized carbons (Fsp3) is 0.538. The van der Waals surface area contributed by atoms with Gasteiger partial charge in [-0.05, 0) is 24.2 Å². The first kappa shape index (κ1) is 15.8. The van der Waals surface area contributed by atoms with Crippen molar-refractivity contribution in [1.82, 2.24) is 5.32 Å². The zero-order chi connectivity index (χ0) is 13.3. The minimum absolute atomic E-state index is 0.183. The molecule has 1 aromatic carbocycles. The minimum Gasteiger partial charge on any atom is -0.433 e. The average molecular weight is 245 g/mol. The Kier molecular flexibility index (Phi) is 7.46. The van der Waals surface area contributed by atoms with E-state index in [0.29, 0.717) is 0 Å². The van der Waals surface area contributed by atoms with E-state index in [9.17, 15) is 8.78 Å². The zero-order valence-electron chi connectivity index (χ0n) is 10.9. The van der Waals surface area contributed by atoms with E-state index in [1.54, 1.807) is 24.3 Å². The standard InChI is InChI=1S/C11H15F2NO.C2H6/c1-3-14-8-9-4-6-10(7-5-9)15-11(2,12)13;1-2/h4-7,14H,3,8H2,1-2H3;1-2H3. The van der Waals surface area contributed by atoms with Crippen LogP contribution in [0.5, 0.6) is 5.75 Å². The number of halogens is 2. The molecule has 0 spiro atoms. The van der Waals surface area contributed by atoms with Crippen LogP contribution in [-0.2, 0) is 6.54 Å². The summed E-state index contributed by atoms with van der Waals surface area (Å²) >= 11 is 0. The number of alkyl halides is 2. The first-order chi connectivity index (χ1) is 8.01. The molecule has 1 rings (SSSR count). The third kappa shape index (κ3) is 7.69. The molecule has 0 aliphatic carbocycles. The molecule has 0 aliphatic heterocycles. The number of benzene rings is 1. The van der Waals surface area contributed by atoms with Crippen molar-refractivity contribution in [3.05, 3.63) is 29.8 Å². The first-order valence-corrected chi connectivity index (χ1v) is 5.88. The number of rotatable bonds is 5. The van der Waals surface area contributed by atoms with Crippen molar-refractivity contribution in [3.8, 4) is 5.75 Å². The highest BCUT2D eigenvalue weighted by Crippen LogP contribution is 2.20. The third-order valence-corrected chi connectivity index (χ3v) is 1.80. The Hall–Kier alpha value is -1.16. The fourth-order valence-electron chi connectivity index (χ4n) is 1.15. The van der Waals surface area contributed by atoms with Crippen LogP contribution >= 0.6 is 0 Å². The lowest BCUT2D eigenvalue weighted by atomic mass is 10.2. The van der Waals surface area contributed by atoms with E-state index in [1.807, 2.05) is 20.8 Å². The van der Waals surface area contributed by atoms with Gasteiger partial charge in [0.2, 0.25) is 0 Å². The molecule has 0 saturated carbocycles. The maximum absolute atomic E-state index is 12.5. The van der Waals surface area contributed by atoms with Crippen molar-refractivity contribution in [3.63, 3.8) is 0 Å². The number of nitrogens with one attached hydrogen (secondary N) is 1. The molecule has 0 aliphatic rings. The Bertz CT molecular complexity index is 293. The second-order valence-corrected chi connectivity index (χ2v) is 3.33. The van der Waals surface area contributed by atoms with E-state index >= 15 is 0 Å². The van der Waals surface area contributed by atoms with E-state index in [-0.39, 0.29) is 5.75 Å². The molecule has 0 radical (unpaired) electrons. The molecule has 98 valence electrons. The largest absolute Gasteiger partial charge is 0.433 e. The first-order valence-electron chi connectivity index (χ1n) is 5.88. The zero-order valence-corrected chi connectivity index (χ0v) is 10.9. The van der Waals surface area contributed by atoms with Gasteiger partial charge in [-0.1, -0.05) is 32.9 Å². The Morgan fingerprint density at radius 1 is 1.18 bits per heavy atom. The monoisotopic (exact) mass is 245 g/mol. The van der Waals surface area contributed by atoms with Gasteiger partial charge in [0, 0.05) is 13.5 Å². The van der Waals surface area contributed by atoms with E-state index in [4.69, 9.17) is 0 Å². The molecule has 17 heavy (non-hydrogen) atoms. The molecule has 2 nitrogen and oxygen atoms in total. The molecule has 0 amide bonds. The number of hydrogen-bond donors (Lipinski definition) is 1. The summed E-state index contributed by atoms with van der Waals surface area (Å²) < 4.78 is 29.4. The Morgan fingerprint density at radius 2 is 1.71 bits per heavy atom. The molecule has 0 saturated heterocycles. The number of ether oxygens (including phenoxy) is 1. The quantitative estimate of drug-likeness (QED) is 0.851. The summed E-state index contributed by atoms with van der Waals surface area (Å²) in [4.78, 5) is 0. The van der Waals surface area contributed by atoms with Crippen LogP contribution in [0, 0.1) is 0 Å². The van der Waals surface area contributed by atoms with Gasteiger partial charge >= 0.3 is 6.11 Å². The van der Waals surface area contributed by atoms with Crippen LogP contribution in [0.3, 0.4) is 0 Å². The lowest BCUT2D eigenvalue weighted by Gasteiger charge is -2.13. The van der Waals surface area contributed by atoms with E-state index < -0.39 is 6.11 Å². The van der Waals surface area contributed by atoms with Crippen LogP contribution in [0.2, 0.25) is 0 Å². The fourth-order valence-corrected chi connectivity index (χ4v) is 1.15. The highest BCUT2D eigenvalue weighted by atomic mass is 19.3. The molecule has 0 heterocycles. The Labute approximate surface area is 102 Å². The Morgan fingerprint density at radius 3 is 2.12 bits per heavy atom. The van der Waals surface area contributed by atoms with Crippen molar-refractivity contribution in [2.75, 3.05) is 6.54 Å². The van der Waals surface area contributed by atoms with Crippen LogP contribution < -0.4 is 10.1 Å². The number of hydrogen-bond acceptors (Lipinski definition) is 2. The lowest BCUT2D eigenvalue weighted by Crippen LogP contribution is -2.19. The van der Waals surface area contributed by atoms with Gasteiger partial charge < -0.3 is 10.1 Å². The van der Waals surface area contributed by atoms with Gasteiger partial charge in [0.05, 0.1) is 0 Å². The van der Waals surface area contributed by atoms with Gasteiger partial charge in [-0.2, -0.15) is 8.78 Å². The summed E-state index contributed by atoms with van der Waals surface area (Å²) in [5.41, 5.74) is 1.05. The Balaban J connectivity index is 0.00000121. The summed E-state index contributed by atoms with van der Waals surface area (Å²) in [7, 11) is 0. The van der Waals surface area contributed by atoms with Crippen LogP contribution in [0.1, 0.15) is 33.3 Å². The second kappa shape index (κ2) is 8.01. The smallest absolute Gasteiger partial charge is 0.394 e. The van der Waals surface area contributed by atoms with Crippen molar-refractivity contribution >= 4 is 0 Å². The molecular formula is C13H21F2NO. The van der Waals surface area contributed by atoms with Crippen molar-refractivity contribution in [2.45, 2.75) is 40.3 Å². The predicted octanol–water partition coefficient (Wildman–Crippen LogP) is 3.81. The van der Waals surface area contributed by atoms with Crippen LogP contribution in [0.4, 0.5) is 8.78 Å². The van der Waals surface area contributed by atoms with Gasteiger partial charge in [0.15, 0.2) is 0 Å². The topological polar surface area (TPSA) is 21.3 Å². The summed E-state index contributed by atoms with van der Waals surface area (Å²) in [6.07, 6.45) is -3.12. The van der Waals surface area contributed by atoms with Crippen LogP contribution in [0.15, 0.2) is 24.3 Å². The van der Waals surface area contributed by atoms with Gasteiger partial charge in [-0.15, -0.1) is 0 Å². The molecule has 0 aromatic heterocycles. The normalized spacial score (nSPS) is 10.5. The maximum atomic E-state index is 12.5.